The van der Waals surface area contributed by atoms with Gasteiger partial charge in [-0.2, -0.15) is 5.10 Å². The van der Waals surface area contributed by atoms with Crippen molar-refractivity contribution < 1.29 is 4.79 Å². The van der Waals surface area contributed by atoms with Crippen LogP contribution in [0.5, 0.6) is 0 Å². The molecule has 0 bridgehead atoms. The number of carbonyl (C=O) groups is 1. The van der Waals surface area contributed by atoms with Gasteiger partial charge in [0.05, 0.1) is 18.2 Å². The minimum atomic E-state index is -0.134. The van der Waals surface area contributed by atoms with Crippen LogP contribution in [0.1, 0.15) is 31.4 Å². The Balaban J connectivity index is 2.16. The average Bonchev–Trinajstić information content (AvgIpc) is 2.71. The Morgan fingerprint density at radius 1 is 1.30 bits per heavy atom. The second kappa shape index (κ2) is 6.18. The minimum Gasteiger partial charge on any atom is -0.330 e. The van der Waals surface area contributed by atoms with E-state index in [1.807, 2.05) is 12.1 Å². The molecule has 108 valence electrons. The highest BCUT2D eigenvalue weighted by molar-refractivity contribution is 6.08. The van der Waals surface area contributed by atoms with E-state index in [0.29, 0.717) is 19.5 Å². The van der Waals surface area contributed by atoms with Gasteiger partial charge in [0.1, 0.15) is 0 Å². The molecule has 0 fully saturated rings. The smallest absolute Gasteiger partial charge is 0.251 e. The summed E-state index contributed by atoms with van der Waals surface area (Å²) >= 11 is 0. The highest BCUT2D eigenvalue weighted by atomic mass is 16.2. The molecule has 20 heavy (non-hydrogen) atoms. The number of hydrogen-bond donors (Lipinski definition) is 1. The van der Waals surface area contributed by atoms with E-state index in [1.165, 1.54) is 5.56 Å². The van der Waals surface area contributed by atoms with Gasteiger partial charge in [-0.15, -0.1) is 0 Å². The SMILES string of the molecule is Cc1ccc(CN2N=C(C(C)C)C(CCN)C2=O)cc1. The van der Waals surface area contributed by atoms with E-state index in [-0.39, 0.29) is 17.7 Å². The number of rotatable bonds is 5. The van der Waals surface area contributed by atoms with Crippen LogP contribution in [-0.2, 0) is 11.3 Å². The summed E-state index contributed by atoms with van der Waals surface area (Å²) in [6.45, 7) is 7.25. The van der Waals surface area contributed by atoms with Gasteiger partial charge in [0, 0.05) is 0 Å². The van der Waals surface area contributed by atoms with E-state index >= 15 is 0 Å². The summed E-state index contributed by atoms with van der Waals surface area (Å²) in [5.74, 6) is 0.226. The number of amides is 1. The Hall–Kier alpha value is -1.68. The molecule has 0 aliphatic carbocycles. The Kier molecular flexibility index (Phi) is 4.55. The van der Waals surface area contributed by atoms with Crippen LogP contribution in [-0.4, -0.2) is 23.2 Å². The molecule has 1 aromatic carbocycles. The van der Waals surface area contributed by atoms with Crippen molar-refractivity contribution >= 4 is 11.6 Å². The lowest BCUT2D eigenvalue weighted by molar-refractivity contribution is -0.132. The first-order chi connectivity index (χ1) is 9.52. The molecule has 0 saturated heterocycles. The summed E-state index contributed by atoms with van der Waals surface area (Å²) in [7, 11) is 0. The maximum absolute atomic E-state index is 12.4. The minimum absolute atomic E-state index is 0.0831. The molecule has 1 atom stereocenters. The molecule has 1 amide bonds. The molecule has 2 N–H and O–H groups in total. The second-order valence-electron chi connectivity index (χ2n) is 5.69. The first-order valence-corrected chi connectivity index (χ1v) is 7.18. The van der Waals surface area contributed by atoms with Crippen molar-refractivity contribution in [1.29, 1.82) is 0 Å². The maximum Gasteiger partial charge on any atom is 0.251 e. The molecule has 0 aromatic heterocycles. The predicted molar refractivity (Wildman–Crippen MR) is 81.2 cm³/mol. The standard InChI is InChI=1S/C16H23N3O/c1-11(2)15-14(8-9-17)16(20)19(18-15)10-13-6-4-12(3)5-7-13/h4-7,11,14H,8-10,17H2,1-3H3. The van der Waals surface area contributed by atoms with Crippen LogP contribution in [0.2, 0.25) is 0 Å². The van der Waals surface area contributed by atoms with Crippen molar-refractivity contribution in [2.24, 2.45) is 22.7 Å². The topological polar surface area (TPSA) is 58.7 Å². The molecule has 0 radical (unpaired) electrons. The Morgan fingerprint density at radius 2 is 1.95 bits per heavy atom. The number of carbonyl (C=O) groups excluding carboxylic acids is 1. The summed E-state index contributed by atoms with van der Waals surface area (Å²) in [6, 6.07) is 8.20. The third-order valence-corrected chi connectivity index (χ3v) is 3.65. The summed E-state index contributed by atoms with van der Waals surface area (Å²) in [5, 5.41) is 6.13. The molecule has 1 aliphatic heterocycles. The largest absolute Gasteiger partial charge is 0.330 e. The molecule has 4 heteroatoms. The van der Waals surface area contributed by atoms with Crippen LogP contribution < -0.4 is 5.73 Å². The van der Waals surface area contributed by atoms with Crippen LogP contribution in [0.15, 0.2) is 29.4 Å². The van der Waals surface area contributed by atoms with Crippen LogP contribution in [0.4, 0.5) is 0 Å². The lowest BCUT2D eigenvalue weighted by Gasteiger charge is -2.14. The summed E-state index contributed by atoms with van der Waals surface area (Å²) in [5.41, 5.74) is 8.90. The molecule has 2 rings (SSSR count). The average molecular weight is 273 g/mol. The zero-order chi connectivity index (χ0) is 14.7. The van der Waals surface area contributed by atoms with Gasteiger partial charge < -0.3 is 5.73 Å². The van der Waals surface area contributed by atoms with Gasteiger partial charge in [0.25, 0.3) is 5.91 Å². The molecular weight excluding hydrogens is 250 g/mol. The zero-order valence-corrected chi connectivity index (χ0v) is 12.5. The van der Waals surface area contributed by atoms with Gasteiger partial charge >= 0.3 is 0 Å². The van der Waals surface area contributed by atoms with Crippen molar-refractivity contribution in [2.75, 3.05) is 6.54 Å². The molecule has 1 heterocycles. The number of nitrogens with two attached hydrogens (primary N) is 1. The molecule has 1 aliphatic rings. The normalized spacial score (nSPS) is 18.9. The van der Waals surface area contributed by atoms with Crippen molar-refractivity contribution in [2.45, 2.75) is 33.7 Å². The summed E-state index contributed by atoms with van der Waals surface area (Å²) in [6.07, 6.45) is 0.681. The molecular formula is C16H23N3O. The molecule has 0 spiro atoms. The zero-order valence-electron chi connectivity index (χ0n) is 12.5. The van der Waals surface area contributed by atoms with E-state index in [0.717, 1.165) is 11.3 Å². The van der Waals surface area contributed by atoms with Crippen molar-refractivity contribution in [3.8, 4) is 0 Å². The van der Waals surface area contributed by atoms with Crippen LogP contribution in [0.3, 0.4) is 0 Å². The Morgan fingerprint density at radius 3 is 2.50 bits per heavy atom. The van der Waals surface area contributed by atoms with Gasteiger partial charge in [-0.05, 0) is 31.4 Å². The molecule has 1 aromatic rings. The van der Waals surface area contributed by atoms with Crippen LogP contribution >= 0.6 is 0 Å². The predicted octanol–water partition coefficient (Wildman–Crippen LogP) is 2.31. The first-order valence-electron chi connectivity index (χ1n) is 7.18. The highest BCUT2D eigenvalue weighted by Gasteiger charge is 2.36. The van der Waals surface area contributed by atoms with Gasteiger partial charge in [-0.3, -0.25) is 4.79 Å². The van der Waals surface area contributed by atoms with Crippen molar-refractivity contribution in [3.63, 3.8) is 0 Å². The van der Waals surface area contributed by atoms with Crippen LogP contribution in [0, 0.1) is 18.8 Å². The Labute approximate surface area is 120 Å². The third kappa shape index (κ3) is 3.07. The van der Waals surface area contributed by atoms with E-state index in [1.54, 1.807) is 5.01 Å². The van der Waals surface area contributed by atoms with E-state index in [4.69, 9.17) is 5.73 Å². The number of hydrazone groups is 1. The lowest BCUT2D eigenvalue weighted by atomic mass is 9.92. The van der Waals surface area contributed by atoms with Crippen LogP contribution in [0.25, 0.3) is 0 Å². The van der Waals surface area contributed by atoms with Gasteiger partial charge in [-0.25, -0.2) is 5.01 Å². The van der Waals surface area contributed by atoms with E-state index in [2.05, 4.69) is 38.0 Å². The third-order valence-electron chi connectivity index (χ3n) is 3.65. The summed E-state index contributed by atoms with van der Waals surface area (Å²) in [4.78, 5) is 12.4. The second-order valence-corrected chi connectivity index (χ2v) is 5.69. The number of benzene rings is 1. The first kappa shape index (κ1) is 14.7. The van der Waals surface area contributed by atoms with Gasteiger partial charge in [0.2, 0.25) is 0 Å². The molecule has 1 unspecified atom stereocenters. The maximum atomic E-state index is 12.4. The monoisotopic (exact) mass is 273 g/mol. The van der Waals surface area contributed by atoms with Crippen molar-refractivity contribution in [3.05, 3.63) is 35.4 Å². The fourth-order valence-corrected chi connectivity index (χ4v) is 2.50. The lowest BCUT2D eigenvalue weighted by Crippen LogP contribution is -2.30. The van der Waals surface area contributed by atoms with Gasteiger partial charge in [0.15, 0.2) is 0 Å². The number of nitrogens with zero attached hydrogens (tertiary/aromatic N) is 2. The highest BCUT2D eigenvalue weighted by Crippen LogP contribution is 2.24. The fraction of sp³-hybridized carbons (Fsp3) is 0.500. The summed E-state index contributed by atoms with van der Waals surface area (Å²) < 4.78 is 0. The van der Waals surface area contributed by atoms with Gasteiger partial charge in [-0.1, -0.05) is 43.7 Å². The van der Waals surface area contributed by atoms with E-state index < -0.39 is 0 Å². The molecule has 4 nitrogen and oxygen atoms in total. The van der Waals surface area contributed by atoms with E-state index in [9.17, 15) is 4.79 Å². The quantitative estimate of drug-likeness (QED) is 0.895. The Bertz CT molecular complexity index is 505. The number of aryl methyl sites for hydroxylation is 1. The fourth-order valence-electron chi connectivity index (χ4n) is 2.50. The molecule has 0 saturated carbocycles. The van der Waals surface area contributed by atoms with Crippen molar-refractivity contribution in [1.82, 2.24) is 5.01 Å². The number of hydrogen-bond acceptors (Lipinski definition) is 3.